The molecule has 1 atom stereocenters. The Morgan fingerprint density at radius 1 is 1.17 bits per heavy atom. The predicted molar refractivity (Wildman–Crippen MR) is 115 cm³/mol. The molecule has 0 radical (unpaired) electrons. The summed E-state index contributed by atoms with van der Waals surface area (Å²) in [6, 6.07) is 11.3. The summed E-state index contributed by atoms with van der Waals surface area (Å²) in [5, 5.41) is 7.98. The molecule has 0 fully saturated rings. The second-order valence-corrected chi connectivity index (χ2v) is 7.96. The van der Waals surface area contributed by atoms with Crippen molar-refractivity contribution in [2.75, 3.05) is 6.61 Å². The highest BCUT2D eigenvalue weighted by Crippen LogP contribution is 2.23. The first-order valence-electron chi connectivity index (χ1n) is 10.1. The maximum atomic E-state index is 12.7. The average Bonchev–Trinajstić information content (AvgIpc) is 2.98. The van der Waals surface area contributed by atoms with Gasteiger partial charge in [-0.3, -0.25) is 9.48 Å². The molecule has 0 saturated carbocycles. The second kappa shape index (κ2) is 9.07. The van der Waals surface area contributed by atoms with Gasteiger partial charge in [-0.05, 0) is 37.8 Å². The second-order valence-electron chi connectivity index (χ2n) is 7.96. The van der Waals surface area contributed by atoms with Crippen LogP contribution in [0.2, 0.25) is 0 Å². The molecule has 0 saturated heterocycles. The predicted octanol–water partition coefficient (Wildman–Crippen LogP) is 3.65. The molecule has 0 spiro atoms. The molecular formula is C23H28N4O3. The Hall–Kier alpha value is -3.22. The topological polar surface area (TPSA) is 86.1 Å². The van der Waals surface area contributed by atoms with Crippen LogP contribution < -0.4 is 5.32 Å². The van der Waals surface area contributed by atoms with Crippen molar-refractivity contribution in [2.24, 2.45) is 13.0 Å². The molecule has 2 aromatic heterocycles. The van der Waals surface area contributed by atoms with Gasteiger partial charge in [-0.2, -0.15) is 5.10 Å². The number of hydrogen-bond acceptors (Lipinski definition) is 5. The van der Waals surface area contributed by atoms with E-state index in [-0.39, 0.29) is 18.6 Å². The number of pyridine rings is 1. The summed E-state index contributed by atoms with van der Waals surface area (Å²) in [5.41, 5.74) is 3.39. The van der Waals surface area contributed by atoms with E-state index >= 15 is 0 Å². The number of fused-ring (bicyclic) bond motifs is 1. The van der Waals surface area contributed by atoms with Crippen molar-refractivity contribution < 1.29 is 14.3 Å². The normalized spacial score (nSPS) is 12.2. The Kier molecular flexibility index (Phi) is 6.50. The smallest absolute Gasteiger partial charge is 0.339 e. The lowest BCUT2D eigenvalue weighted by molar-refractivity contribution is -0.125. The highest BCUT2D eigenvalue weighted by Gasteiger charge is 2.21. The van der Waals surface area contributed by atoms with Gasteiger partial charge in [0.1, 0.15) is 0 Å². The molecule has 2 heterocycles. The molecular weight excluding hydrogens is 380 g/mol. The first-order chi connectivity index (χ1) is 14.3. The van der Waals surface area contributed by atoms with E-state index in [2.05, 4.69) is 29.2 Å². The zero-order valence-corrected chi connectivity index (χ0v) is 18.1. The van der Waals surface area contributed by atoms with Crippen LogP contribution in [0.25, 0.3) is 11.0 Å². The summed E-state index contributed by atoms with van der Waals surface area (Å²) in [5.74, 6) is -0.487. The largest absolute Gasteiger partial charge is 0.452 e. The van der Waals surface area contributed by atoms with Crippen LogP contribution in [0.5, 0.6) is 0 Å². The Labute approximate surface area is 176 Å². The van der Waals surface area contributed by atoms with Crippen molar-refractivity contribution >= 4 is 22.9 Å². The number of aryl methyl sites for hydroxylation is 3. The van der Waals surface area contributed by atoms with Crippen molar-refractivity contribution in [3.8, 4) is 0 Å². The summed E-state index contributed by atoms with van der Waals surface area (Å²) in [6.45, 7) is 7.49. The lowest BCUT2D eigenvalue weighted by Crippen LogP contribution is -2.33. The minimum absolute atomic E-state index is 0.132. The number of aromatic nitrogens is 3. The summed E-state index contributed by atoms with van der Waals surface area (Å²) >= 11 is 0. The molecule has 0 aliphatic heterocycles. The van der Waals surface area contributed by atoms with E-state index < -0.39 is 5.97 Å². The van der Waals surface area contributed by atoms with Crippen molar-refractivity contribution in [1.29, 1.82) is 0 Å². The Morgan fingerprint density at radius 3 is 2.53 bits per heavy atom. The molecule has 7 heteroatoms. The first-order valence-corrected chi connectivity index (χ1v) is 10.1. The highest BCUT2D eigenvalue weighted by molar-refractivity contribution is 6.04. The van der Waals surface area contributed by atoms with Crippen LogP contribution in [0.4, 0.5) is 0 Å². The SMILES string of the molecule is Cc1cc(C(=O)OCC(=O)NC(CC(C)C)c2ccccc2)c2c(C)nn(C)c2n1. The summed E-state index contributed by atoms with van der Waals surface area (Å²) in [7, 11) is 1.78. The fourth-order valence-corrected chi connectivity index (χ4v) is 3.61. The molecule has 3 aromatic rings. The van der Waals surface area contributed by atoms with Crippen molar-refractivity contribution in [1.82, 2.24) is 20.1 Å². The van der Waals surface area contributed by atoms with E-state index in [9.17, 15) is 9.59 Å². The number of amides is 1. The number of carbonyl (C=O) groups is 2. The van der Waals surface area contributed by atoms with Gasteiger partial charge in [-0.25, -0.2) is 9.78 Å². The van der Waals surface area contributed by atoms with Crippen molar-refractivity contribution in [3.63, 3.8) is 0 Å². The van der Waals surface area contributed by atoms with Crippen LogP contribution in [0.1, 0.15) is 53.6 Å². The fraction of sp³-hybridized carbons (Fsp3) is 0.391. The number of nitrogens with zero attached hydrogens (tertiary/aromatic N) is 3. The van der Waals surface area contributed by atoms with Gasteiger partial charge in [0.2, 0.25) is 0 Å². The maximum absolute atomic E-state index is 12.7. The van der Waals surface area contributed by atoms with Gasteiger partial charge in [0.15, 0.2) is 12.3 Å². The van der Waals surface area contributed by atoms with E-state index in [0.717, 1.165) is 12.0 Å². The van der Waals surface area contributed by atoms with E-state index in [1.54, 1.807) is 17.8 Å². The van der Waals surface area contributed by atoms with E-state index in [1.165, 1.54) is 0 Å². The number of hydrogen-bond donors (Lipinski definition) is 1. The first kappa shape index (κ1) is 21.5. The Bertz CT molecular complexity index is 1060. The van der Waals surface area contributed by atoms with E-state index in [1.807, 2.05) is 44.2 Å². The molecule has 0 aliphatic rings. The van der Waals surface area contributed by atoms with E-state index in [0.29, 0.717) is 33.9 Å². The van der Waals surface area contributed by atoms with E-state index in [4.69, 9.17) is 4.74 Å². The number of carbonyl (C=O) groups excluding carboxylic acids is 2. The van der Waals surface area contributed by atoms with Crippen molar-refractivity contribution in [2.45, 2.75) is 40.2 Å². The van der Waals surface area contributed by atoms with Gasteiger partial charge in [-0.15, -0.1) is 0 Å². The van der Waals surface area contributed by atoms with Crippen molar-refractivity contribution in [3.05, 3.63) is 58.9 Å². The van der Waals surface area contributed by atoms with Crippen LogP contribution in [-0.2, 0) is 16.6 Å². The Balaban J connectivity index is 1.71. The zero-order valence-electron chi connectivity index (χ0n) is 18.1. The minimum atomic E-state index is -0.558. The van der Waals surface area contributed by atoms with Gasteiger partial charge in [0.25, 0.3) is 5.91 Å². The lowest BCUT2D eigenvalue weighted by Gasteiger charge is -2.21. The number of ether oxygens (including phenoxy) is 1. The Morgan fingerprint density at radius 2 is 1.87 bits per heavy atom. The van der Waals surface area contributed by atoms with Crippen LogP contribution in [0.15, 0.2) is 36.4 Å². The van der Waals surface area contributed by atoms with Crippen LogP contribution in [-0.4, -0.2) is 33.2 Å². The monoisotopic (exact) mass is 408 g/mol. The summed E-state index contributed by atoms with van der Waals surface area (Å²) in [6.07, 6.45) is 0.794. The fourth-order valence-electron chi connectivity index (χ4n) is 3.61. The average molecular weight is 409 g/mol. The van der Waals surface area contributed by atoms with Gasteiger partial charge in [0, 0.05) is 12.7 Å². The minimum Gasteiger partial charge on any atom is -0.452 e. The lowest BCUT2D eigenvalue weighted by atomic mass is 9.97. The quantitative estimate of drug-likeness (QED) is 0.603. The van der Waals surface area contributed by atoms with Crippen LogP contribution in [0.3, 0.4) is 0 Å². The zero-order chi connectivity index (χ0) is 21.8. The molecule has 0 aliphatic carbocycles. The molecule has 158 valence electrons. The molecule has 1 unspecified atom stereocenters. The molecule has 0 bridgehead atoms. The van der Waals surface area contributed by atoms with Gasteiger partial charge >= 0.3 is 5.97 Å². The summed E-state index contributed by atoms with van der Waals surface area (Å²) < 4.78 is 6.98. The number of esters is 1. The molecule has 1 N–H and O–H groups in total. The summed E-state index contributed by atoms with van der Waals surface area (Å²) in [4.78, 5) is 29.7. The van der Waals surface area contributed by atoms with Crippen LogP contribution >= 0.6 is 0 Å². The third-order valence-corrected chi connectivity index (χ3v) is 4.90. The van der Waals surface area contributed by atoms with Gasteiger partial charge < -0.3 is 10.1 Å². The van der Waals surface area contributed by atoms with Crippen LogP contribution in [0, 0.1) is 19.8 Å². The molecule has 3 rings (SSSR count). The third kappa shape index (κ3) is 4.84. The molecule has 7 nitrogen and oxygen atoms in total. The number of rotatable bonds is 7. The molecule has 1 amide bonds. The highest BCUT2D eigenvalue weighted by atomic mass is 16.5. The number of benzene rings is 1. The van der Waals surface area contributed by atoms with Gasteiger partial charge in [-0.1, -0.05) is 44.2 Å². The molecule has 30 heavy (non-hydrogen) atoms. The molecule has 1 aromatic carbocycles. The third-order valence-electron chi connectivity index (χ3n) is 4.90. The standard InChI is InChI=1S/C23H28N4O3/c1-14(2)11-19(17-9-7-6-8-10-17)25-20(28)13-30-23(29)18-12-15(3)24-22-21(18)16(4)26-27(22)5/h6-10,12,14,19H,11,13H2,1-5H3,(H,25,28). The maximum Gasteiger partial charge on any atom is 0.339 e. The number of nitrogens with one attached hydrogen (secondary N) is 1. The van der Waals surface area contributed by atoms with Gasteiger partial charge in [0.05, 0.1) is 22.7 Å².